The molecule has 34 heavy (non-hydrogen) atoms. The lowest BCUT2D eigenvalue weighted by Gasteiger charge is -2.49. The molecule has 2 aromatic carbocycles. The van der Waals surface area contributed by atoms with Crippen LogP contribution in [0, 0.1) is 5.41 Å². The summed E-state index contributed by atoms with van der Waals surface area (Å²) in [5.74, 6) is 0. The van der Waals surface area contributed by atoms with Crippen LogP contribution in [0.25, 0.3) is 0 Å². The molecule has 0 heterocycles. The van der Waals surface area contributed by atoms with E-state index in [4.69, 9.17) is 0 Å². The van der Waals surface area contributed by atoms with Crippen molar-refractivity contribution >= 4 is 0 Å². The van der Waals surface area contributed by atoms with Crippen molar-refractivity contribution in [3.05, 3.63) is 71.8 Å². The third-order valence-electron chi connectivity index (χ3n) is 8.25. The van der Waals surface area contributed by atoms with Crippen LogP contribution in [0.5, 0.6) is 0 Å². The van der Waals surface area contributed by atoms with E-state index in [0.29, 0.717) is 0 Å². The quantitative estimate of drug-likeness (QED) is 0.182. The Bertz CT molecular complexity index is 688. The van der Waals surface area contributed by atoms with Gasteiger partial charge in [0.2, 0.25) is 0 Å². The van der Waals surface area contributed by atoms with Crippen LogP contribution in [0.3, 0.4) is 0 Å². The Morgan fingerprint density at radius 2 is 0.794 bits per heavy atom. The van der Waals surface area contributed by atoms with Gasteiger partial charge in [-0.05, 0) is 29.4 Å². The van der Waals surface area contributed by atoms with Gasteiger partial charge in [-0.15, -0.1) is 0 Å². The lowest BCUT2D eigenvalue weighted by Crippen LogP contribution is -2.43. The summed E-state index contributed by atoms with van der Waals surface area (Å²) in [7, 11) is 0. The Balaban J connectivity index is 2.18. The van der Waals surface area contributed by atoms with E-state index in [1.807, 2.05) is 0 Å². The molecule has 2 rings (SSSR count). The molecule has 2 aromatic rings. The number of benzene rings is 2. The predicted octanol–water partition coefficient (Wildman–Crippen LogP) is 11.3. The third-order valence-corrected chi connectivity index (χ3v) is 8.25. The van der Waals surface area contributed by atoms with E-state index >= 15 is 0 Å². The molecule has 0 saturated heterocycles. The lowest BCUT2D eigenvalue weighted by atomic mass is 9.54. The van der Waals surface area contributed by atoms with Gasteiger partial charge < -0.3 is 0 Å². The van der Waals surface area contributed by atoms with Crippen molar-refractivity contribution in [1.29, 1.82) is 0 Å². The van der Waals surface area contributed by atoms with E-state index in [1.165, 1.54) is 114 Å². The number of hydrogen-bond acceptors (Lipinski definition) is 0. The minimum atomic E-state index is 0.0708. The van der Waals surface area contributed by atoms with Gasteiger partial charge in [0, 0.05) is 5.41 Å². The van der Waals surface area contributed by atoms with E-state index in [1.54, 1.807) is 0 Å². The smallest absolute Gasteiger partial charge is 0.0253 e. The zero-order valence-corrected chi connectivity index (χ0v) is 23.1. The molecule has 0 amide bonds. The molecule has 0 N–H and O–H groups in total. The standard InChI is InChI=1S/C34H54/c1-5-7-9-11-13-14-15-23-29-33(3,4)34(31-25-19-17-20-26-31,32-27-21-18-22-28-32)30-24-16-12-10-8-6-2/h17-22,25-28H,5-16,23-24,29-30H2,1-4H3. The molecule has 0 unspecified atom stereocenters. The molecule has 0 spiro atoms. The van der Waals surface area contributed by atoms with Crippen molar-refractivity contribution in [2.75, 3.05) is 0 Å². The van der Waals surface area contributed by atoms with Crippen LogP contribution in [-0.2, 0) is 5.41 Å². The van der Waals surface area contributed by atoms with Crippen LogP contribution in [0.1, 0.15) is 142 Å². The second-order valence-corrected chi connectivity index (χ2v) is 11.3. The summed E-state index contributed by atoms with van der Waals surface area (Å²) in [6.45, 7) is 9.74. The minimum Gasteiger partial charge on any atom is -0.0654 e. The molecular formula is C34H54. The lowest BCUT2D eigenvalue weighted by molar-refractivity contribution is 0.161. The van der Waals surface area contributed by atoms with Crippen molar-refractivity contribution in [3.8, 4) is 0 Å². The first-order valence-corrected chi connectivity index (χ1v) is 14.7. The predicted molar refractivity (Wildman–Crippen MR) is 153 cm³/mol. The average Bonchev–Trinajstić information content (AvgIpc) is 2.86. The van der Waals surface area contributed by atoms with Crippen LogP contribution in [0.4, 0.5) is 0 Å². The highest BCUT2D eigenvalue weighted by Gasteiger charge is 2.46. The van der Waals surface area contributed by atoms with E-state index < -0.39 is 0 Å². The minimum absolute atomic E-state index is 0.0708. The van der Waals surface area contributed by atoms with E-state index in [0.717, 1.165) is 0 Å². The van der Waals surface area contributed by atoms with E-state index in [-0.39, 0.29) is 10.8 Å². The Labute approximate surface area is 213 Å². The zero-order chi connectivity index (χ0) is 24.5. The highest BCUT2D eigenvalue weighted by molar-refractivity contribution is 5.42. The van der Waals surface area contributed by atoms with Gasteiger partial charge in [0.1, 0.15) is 0 Å². The molecule has 0 aliphatic rings. The monoisotopic (exact) mass is 462 g/mol. The molecule has 0 aliphatic carbocycles. The second kappa shape index (κ2) is 16.2. The largest absolute Gasteiger partial charge is 0.0654 e. The maximum Gasteiger partial charge on any atom is 0.0253 e. The zero-order valence-electron chi connectivity index (χ0n) is 23.1. The molecule has 0 atom stereocenters. The summed E-state index contributed by atoms with van der Waals surface area (Å²) in [6, 6.07) is 23.0. The summed E-state index contributed by atoms with van der Waals surface area (Å²) in [6.07, 6.45) is 21.8. The first-order valence-electron chi connectivity index (χ1n) is 14.7. The summed E-state index contributed by atoms with van der Waals surface area (Å²) >= 11 is 0. The van der Waals surface area contributed by atoms with Crippen LogP contribution in [0.2, 0.25) is 0 Å². The van der Waals surface area contributed by atoms with Gasteiger partial charge in [-0.2, -0.15) is 0 Å². The van der Waals surface area contributed by atoms with Crippen molar-refractivity contribution in [2.24, 2.45) is 5.41 Å². The Morgan fingerprint density at radius 3 is 1.21 bits per heavy atom. The first kappa shape index (κ1) is 28.7. The molecule has 0 aliphatic heterocycles. The third kappa shape index (κ3) is 8.58. The van der Waals surface area contributed by atoms with Crippen molar-refractivity contribution in [3.63, 3.8) is 0 Å². The van der Waals surface area contributed by atoms with Crippen LogP contribution in [0.15, 0.2) is 60.7 Å². The van der Waals surface area contributed by atoms with Crippen LogP contribution >= 0.6 is 0 Å². The van der Waals surface area contributed by atoms with Crippen LogP contribution in [-0.4, -0.2) is 0 Å². The fourth-order valence-corrected chi connectivity index (χ4v) is 6.11. The molecule has 190 valence electrons. The highest BCUT2D eigenvalue weighted by Crippen LogP contribution is 2.53. The summed E-state index contributed by atoms with van der Waals surface area (Å²) < 4.78 is 0. The normalized spacial score (nSPS) is 12.2. The van der Waals surface area contributed by atoms with E-state index in [9.17, 15) is 0 Å². The SMILES string of the molecule is CCCCCCCCCCC(C)(C)C(CCCCCCCC)(c1ccccc1)c1ccccc1. The molecule has 0 radical (unpaired) electrons. The van der Waals surface area contributed by atoms with Crippen LogP contribution < -0.4 is 0 Å². The summed E-state index contributed by atoms with van der Waals surface area (Å²) in [4.78, 5) is 0. The molecule has 0 saturated carbocycles. The highest BCUT2D eigenvalue weighted by atomic mass is 14.5. The first-order chi connectivity index (χ1) is 16.6. The fourth-order valence-electron chi connectivity index (χ4n) is 6.11. The summed E-state index contributed by atoms with van der Waals surface area (Å²) in [5, 5.41) is 0. The number of hydrogen-bond donors (Lipinski definition) is 0. The molecule has 0 nitrogen and oxygen atoms in total. The van der Waals surface area contributed by atoms with Crippen molar-refractivity contribution in [2.45, 2.75) is 136 Å². The topological polar surface area (TPSA) is 0 Å². The molecule has 0 bridgehead atoms. The van der Waals surface area contributed by atoms with Crippen molar-refractivity contribution < 1.29 is 0 Å². The number of rotatable bonds is 19. The Morgan fingerprint density at radius 1 is 0.441 bits per heavy atom. The van der Waals surface area contributed by atoms with Gasteiger partial charge in [0.25, 0.3) is 0 Å². The molecule has 0 fully saturated rings. The molecule has 0 aromatic heterocycles. The van der Waals surface area contributed by atoms with Gasteiger partial charge in [0.15, 0.2) is 0 Å². The van der Waals surface area contributed by atoms with Crippen molar-refractivity contribution in [1.82, 2.24) is 0 Å². The maximum absolute atomic E-state index is 2.56. The van der Waals surface area contributed by atoms with Gasteiger partial charge in [-0.3, -0.25) is 0 Å². The average molecular weight is 463 g/mol. The maximum atomic E-state index is 2.56. The van der Waals surface area contributed by atoms with E-state index in [2.05, 4.69) is 88.4 Å². The fraction of sp³-hybridized carbons (Fsp3) is 0.647. The Kier molecular flexibility index (Phi) is 13.6. The summed E-state index contributed by atoms with van der Waals surface area (Å²) in [5.41, 5.74) is 3.31. The van der Waals surface area contributed by atoms with Gasteiger partial charge >= 0.3 is 0 Å². The Hall–Kier alpha value is -1.56. The molecular weight excluding hydrogens is 408 g/mol. The number of unbranched alkanes of at least 4 members (excludes halogenated alkanes) is 12. The van der Waals surface area contributed by atoms with Gasteiger partial charge in [-0.1, -0.05) is 178 Å². The second-order valence-electron chi connectivity index (χ2n) is 11.3. The molecule has 0 heteroatoms. The van der Waals surface area contributed by atoms with Gasteiger partial charge in [0.05, 0.1) is 0 Å². The van der Waals surface area contributed by atoms with Gasteiger partial charge in [-0.25, -0.2) is 0 Å².